The molecule has 23 heavy (non-hydrogen) atoms. The third-order valence-corrected chi connectivity index (χ3v) is 3.33. The molecule has 7 heteroatoms. The van der Waals surface area contributed by atoms with Gasteiger partial charge in [-0.05, 0) is 30.3 Å². The van der Waals surface area contributed by atoms with Crippen LogP contribution in [-0.2, 0) is 6.61 Å². The molecule has 1 aromatic heterocycles. The molecule has 0 unspecified atom stereocenters. The van der Waals surface area contributed by atoms with Crippen LogP contribution in [0.25, 0.3) is 22.6 Å². The van der Waals surface area contributed by atoms with Gasteiger partial charge >= 0.3 is 0 Å². The van der Waals surface area contributed by atoms with Crippen LogP contribution < -0.4 is 0 Å². The van der Waals surface area contributed by atoms with Gasteiger partial charge in [0.2, 0.25) is 0 Å². The van der Waals surface area contributed by atoms with Gasteiger partial charge in [-0.2, -0.15) is 0 Å². The minimum Gasteiger partial charge on any atom is -0.391 e. The van der Waals surface area contributed by atoms with E-state index < -0.39 is 29.9 Å². The van der Waals surface area contributed by atoms with Crippen molar-refractivity contribution >= 4 is 0 Å². The zero-order valence-electron chi connectivity index (χ0n) is 11.5. The van der Waals surface area contributed by atoms with Crippen LogP contribution in [0, 0.1) is 23.3 Å². The summed E-state index contributed by atoms with van der Waals surface area (Å²) in [5.74, 6) is -4.43. The van der Waals surface area contributed by atoms with E-state index in [4.69, 9.17) is 4.52 Å². The first-order valence-corrected chi connectivity index (χ1v) is 6.52. The van der Waals surface area contributed by atoms with Gasteiger partial charge in [-0.25, -0.2) is 17.6 Å². The van der Waals surface area contributed by atoms with Crippen molar-refractivity contribution in [1.29, 1.82) is 0 Å². The van der Waals surface area contributed by atoms with Gasteiger partial charge in [0.25, 0.3) is 0 Å². The highest BCUT2D eigenvalue weighted by molar-refractivity contribution is 5.72. The molecule has 0 bridgehead atoms. The van der Waals surface area contributed by atoms with Gasteiger partial charge in [-0.3, -0.25) is 0 Å². The molecular weight excluding hydrogens is 314 g/mol. The predicted molar refractivity (Wildman–Crippen MR) is 73.1 cm³/mol. The molecule has 0 aliphatic carbocycles. The predicted octanol–water partition coefficient (Wildman–Crippen LogP) is 4.06. The lowest BCUT2D eigenvalue weighted by Crippen LogP contribution is -1.94. The van der Waals surface area contributed by atoms with Gasteiger partial charge in [0.15, 0.2) is 29.0 Å². The highest BCUT2D eigenvalue weighted by atomic mass is 19.2. The van der Waals surface area contributed by atoms with E-state index in [1.54, 1.807) is 0 Å². The number of nitrogens with zero attached hydrogens (tertiary/aromatic N) is 1. The molecule has 118 valence electrons. The van der Waals surface area contributed by atoms with Gasteiger partial charge in [0.05, 0.1) is 12.2 Å². The third-order valence-electron chi connectivity index (χ3n) is 3.33. The van der Waals surface area contributed by atoms with Gasteiger partial charge in [-0.1, -0.05) is 11.2 Å². The van der Waals surface area contributed by atoms with Crippen molar-refractivity contribution in [3.63, 3.8) is 0 Å². The molecule has 2 aromatic carbocycles. The van der Waals surface area contributed by atoms with Crippen LogP contribution in [0.15, 0.2) is 40.9 Å². The first kappa shape index (κ1) is 15.2. The molecule has 3 rings (SSSR count). The molecule has 3 nitrogen and oxygen atoms in total. The molecule has 3 aromatic rings. The molecule has 0 amide bonds. The highest BCUT2D eigenvalue weighted by Gasteiger charge is 2.22. The molecule has 0 aliphatic rings. The van der Waals surface area contributed by atoms with Gasteiger partial charge in [0, 0.05) is 11.1 Å². The Bertz CT molecular complexity index is 877. The van der Waals surface area contributed by atoms with Crippen LogP contribution in [0.1, 0.15) is 5.56 Å². The van der Waals surface area contributed by atoms with Crippen LogP contribution in [0.4, 0.5) is 17.6 Å². The minimum absolute atomic E-state index is 0.0421. The SMILES string of the molecule is OCc1c(-c2cccc(F)c2F)noc1-c1ccc(F)c(F)c1. The molecule has 1 heterocycles. The first-order valence-electron chi connectivity index (χ1n) is 6.52. The average molecular weight is 323 g/mol. The standard InChI is InChI=1S/C16H9F4NO2/c17-11-5-4-8(6-13(11)19)16-10(7-22)15(21-23-16)9-2-1-3-12(18)14(9)20/h1-6,22H,7H2. The molecule has 0 saturated heterocycles. The van der Waals surface area contributed by atoms with Crippen LogP contribution in [0.5, 0.6) is 0 Å². The summed E-state index contributed by atoms with van der Waals surface area (Å²) in [6.07, 6.45) is 0. The molecule has 0 aliphatic heterocycles. The van der Waals surface area contributed by atoms with E-state index in [0.717, 1.165) is 18.2 Å². The molecule has 0 saturated carbocycles. The van der Waals surface area contributed by atoms with E-state index in [1.165, 1.54) is 18.2 Å². The quantitative estimate of drug-likeness (QED) is 0.740. The summed E-state index contributed by atoms with van der Waals surface area (Å²) in [5.41, 5.74) is -0.153. The number of halogens is 4. The maximum absolute atomic E-state index is 13.9. The molecule has 0 atom stereocenters. The van der Waals surface area contributed by atoms with E-state index in [-0.39, 0.29) is 28.1 Å². The van der Waals surface area contributed by atoms with E-state index in [1.807, 2.05) is 0 Å². The first-order chi connectivity index (χ1) is 11.0. The summed E-state index contributed by atoms with van der Waals surface area (Å²) in [7, 11) is 0. The van der Waals surface area contributed by atoms with E-state index >= 15 is 0 Å². The Labute approximate surface area is 127 Å². The Balaban J connectivity index is 2.17. The zero-order chi connectivity index (χ0) is 16.6. The van der Waals surface area contributed by atoms with Gasteiger partial charge in [0.1, 0.15) is 5.69 Å². The number of rotatable bonds is 3. The average Bonchev–Trinajstić information content (AvgIpc) is 2.96. The fraction of sp³-hybridized carbons (Fsp3) is 0.0625. The monoisotopic (exact) mass is 323 g/mol. The second-order valence-electron chi connectivity index (χ2n) is 4.73. The Morgan fingerprint density at radius 3 is 2.43 bits per heavy atom. The Morgan fingerprint density at radius 2 is 1.74 bits per heavy atom. The number of aliphatic hydroxyl groups excluding tert-OH is 1. The molecular formula is C16H9F4NO2. The van der Waals surface area contributed by atoms with Crippen LogP contribution in [0.3, 0.4) is 0 Å². The summed E-state index contributed by atoms with van der Waals surface area (Å²) in [5, 5.41) is 13.1. The second-order valence-corrected chi connectivity index (χ2v) is 4.73. The highest BCUT2D eigenvalue weighted by Crippen LogP contribution is 2.34. The lowest BCUT2D eigenvalue weighted by Gasteiger charge is -2.03. The van der Waals surface area contributed by atoms with E-state index in [2.05, 4.69) is 5.16 Å². The smallest absolute Gasteiger partial charge is 0.173 e. The number of hydrogen-bond acceptors (Lipinski definition) is 3. The van der Waals surface area contributed by atoms with Crippen molar-refractivity contribution in [3.8, 4) is 22.6 Å². The molecule has 0 fully saturated rings. The molecule has 0 radical (unpaired) electrons. The topological polar surface area (TPSA) is 46.3 Å². The van der Waals surface area contributed by atoms with Gasteiger partial charge < -0.3 is 9.63 Å². The van der Waals surface area contributed by atoms with Crippen molar-refractivity contribution in [2.45, 2.75) is 6.61 Å². The summed E-state index contributed by atoms with van der Waals surface area (Å²) < 4.78 is 58.6. The summed E-state index contributed by atoms with van der Waals surface area (Å²) in [6.45, 7) is -0.608. The zero-order valence-corrected chi connectivity index (χ0v) is 11.5. The van der Waals surface area contributed by atoms with Crippen molar-refractivity contribution in [2.75, 3.05) is 0 Å². The van der Waals surface area contributed by atoms with Gasteiger partial charge in [-0.15, -0.1) is 0 Å². The fourth-order valence-corrected chi connectivity index (χ4v) is 2.22. The van der Waals surface area contributed by atoms with Crippen LogP contribution in [-0.4, -0.2) is 10.3 Å². The molecule has 1 N–H and O–H groups in total. The van der Waals surface area contributed by atoms with Crippen molar-refractivity contribution in [1.82, 2.24) is 5.16 Å². The van der Waals surface area contributed by atoms with Crippen molar-refractivity contribution in [2.24, 2.45) is 0 Å². The molecule has 0 spiro atoms. The normalized spacial score (nSPS) is 11.0. The Morgan fingerprint density at radius 1 is 0.957 bits per heavy atom. The Hall–Kier alpha value is -2.67. The lowest BCUT2D eigenvalue weighted by atomic mass is 10.0. The second kappa shape index (κ2) is 5.85. The summed E-state index contributed by atoms with van der Waals surface area (Å²) >= 11 is 0. The third kappa shape index (κ3) is 2.59. The number of hydrogen-bond donors (Lipinski definition) is 1. The number of benzene rings is 2. The Kier molecular flexibility index (Phi) is 3.87. The number of aliphatic hydroxyl groups is 1. The van der Waals surface area contributed by atoms with Crippen molar-refractivity contribution in [3.05, 3.63) is 65.2 Å². The largest absolute Gasteiger partial charge is 0.391 e. The number of aromatic nitrogens is 1. The summed E-state index contributed by atoms with van der Waals surface area (Å²) in [4.78, 5) is 0. The maximum atomic E-state index is 13.9. The van der Waals surface area contributed by atoms with E-state index in [9.17, 15) is 22.7 Å². The van der Waals surface area contributed by atoms with Crippen molar-refractivity contribution < 1.29 is 27.2 Å². The van der Waals surface area contributed by atoms with Crippen LogP contribution >= 0.6 is 0 Å². The summed E-state index contributed by atoms with van der Waals surface area (Å²) in [6, 6.07) is 6.46. The van der Waals surface area contributed by atoms with E-state index in [0.29, 0.717) is 0 Å². The fourth-order valence-electron chi connectivity index (χ4n) is 2.22. The lowest BCUT2D eigenvalue weighted by molar-refractivity contribution is 0.281. The maximum Gasteiger partial charge on any atom is 0.173 e. The minimum atomic E-state index is -1.15. The van der Waals surface area contributed by atoms with Crippen LogP contribution in [0.2, 0.25) is 0 Å².